The van der Waals surface area contributed by atoms with Gasteiger partial charge in [0.2, 0.25) is 10.0 Å². The van der Waals surface area contributed by atoms with Gasteiger partial charge in [0.1, 0.15) is 5.75 Å². The second-order valence-electron chi connectivity index (χ2n) is 6.56. The van der Waals surface area contributed by atoms with Crippen LogP contribution in [0.2, 0.25) is 0 Å². The zero-order valence-electron chi connectivity index (χ0n) is 15.5. The predicted octanol–water partition coefficient (Wildman–Crippen LogP) is 1.64. The number of nitrogens with zero attached hydrogens (tertiary/aromatic N) is 1. The quantitative estimate of drug-likeness (QED) is 0.722. The smallest absolute Gasteiger partial charge is 0.252 e. The largest absolute Gasteiger partial charge is 0.496 e. The molecule has 8 nitrogen and oxygen atoms in total. The van der Waals surface area contributed by atoms with Crippen LogP contribution in [0, 0.1) is 5.92 Å². The molecular weight excluding hydrogens is 382 g/mol. The second-order valence-corrected chi connectivity index (χ2v) is 8.28. The highest BCUT2D eigenvalue weighted by molar-refractivity contribution is 7.89. The topological polar surface area (TPSA) is 121 Å². The Kier molecular flexibility index (Phi) is 6.28. The Bertz CT molecular complexity index is 928. The molecular formula is C19H23N3O5S. The molecule has 0 unspecified atom stereocenters. The number of aromatic nitrogens is 1. The van der Waals surface area contributed by atoms with Gasteiger partial charge in [0, 0.05) is 25.6 Å². The molecule has 1 saturated heterocycles. The van der Waals surface area contributed by atoms with E-state index in [4.69, 9.17) is 15.2 Å². The Morgan fingerprint density at radius 3 is 2.68 bits per heavy atom. The minimum atomic E-state index is -3.92. The van der Waals surface area contributed by atoms with E-state index >= 15 is 0 Å². The lowest BCUT2D eigenvalue weighted by molar-refractivity contribution is 0.0564. The van der Waals surface area contributed by atoms with Gasteiger partial charge >= 0.3 is 0 Å². The van der Waals surface area contributed by atoms with E-state index in [9.17, 15) is 13.2 Å². The van der Waals surface area contributed by atoms with E-state index in [2.05, 4.69) is 9.71 Å². The Morgan fingerprint density at radius 1 is 1.32 bits per heavy atom. The average molecular weight is 405 g/mol. The van der Waals surface area contributed by atoms with E-state index in [1.165, 1.54) is 25.3 Å². The first-order valence-corrected chi connectivity index (χ1v) is 10.4. The van der Waals surface area contributed by atoms with Crippen LogP contribution >= 0.6 is 0 Å². The number of nitrogens with two attached hydrogens (primary N) is 1. The van der Waals surface area contributed by atoms with Crippen molar-refractivity contribution in [3.8, 4) is 5.75 Å². The minimum Gasteiger partial charge on any atom is -0.496 e. The molecule has 0 radical (unpaired) electrons. The molecule has 0 spiro atoms. The molecule has 1 fully saturated rings. The number of hydrogen-bond donors (Lipinski definition) is 2. The van der Waals surface area contributed by atoms with Gasteiger partial charge in [-0.3, -0.25) is 9.78 Å². The zero-order chi connectivity index (χ0) is 20.1. The summed E-state index contributed by atoms with van der Waals surface area (Å²) in [5.41, 5.74) is 6.14. The van der Waals surface area contributed by atoms with Crippen molar-refractivity contribution in [1.29, 1.82) is 0 Å². The van der Waals surface area contributed by atoms with Crippen molar-refractivity contribution in [3.63, 3.8) is 0 Å². The number of amides is 1. The van der Waals surface area contributed by atoms with Crippen molar-refractivity contribution in [2.75, 3.05) is 20.3 Å². The number of primary amides is 1. The summed E-state index contributed by atoms with van der Waals surface area (Å²) in [6, 6.07) is 7.20. The van der Waals surface area contributed by atoms with Gasteiger partial charge in [-0.05, 0) is 48.6 Å². The third kappa shape index (κ3) is 4.49. The van der Waals surface area contributed by atoms with Crippen molar-refractivity contribution in [2.24, 2.45) is 11.7 Å². The van der Waals surface area contributed by atoms with Crippen LogP contribution in [0.4, 0.5) is 0 Å². The summed E-state index contributed by atoms with van der Waals surface area (Å²) in [6.07, 6.45) is 4.77. The number of rotatable bonds is 7. The van der Waals surface area contributed by atoms with E-state index in [1.807, 2.05) is 6.07 Å². The molecule has 1 aliphatic heterocycles. The molecule has 0 aliphatic carbocycles. The minimum absolute atomic E-state index is 0.00868. The van der Waals surface area contributed by atoms with Crippen LogP contribution in [-0.4, -0.2) is 39.6 Å². The number of ether oxygens (including phenoxy) is 2. The number of pyridine rings is 1. The number of benzene rings is 1. The molecule has 150 valence electrons. The van der Waals surface area contributed by atoms with Crippen LogP contribution in [0.5, 0.6) is 5.75 Å². The molecule has 9 heteroatoms. The Balaban J connectivity index is 1.95. The van der Waals surface area contributed by atoms with Gasteiger partial charge in [-0.25, -0.2) is 13.1 Å². The van der Waals surface area contributed by atoms with Gasteiger partial charge in [0.05, 0.1) is 23.6 Å². The highest BCUT2D eigenvalue weighted by Gasteiger charge is 2.30. The van der Waals surface area contributed by atoms with E-state index in [-0.39, 0.29) is 22.1 Å². The first-order chi connectivity index (χ1) is 13.4. The first-order valence-electron chi connectivity index (χ1n) is 8.90. The van der Waals surface area contributed by atoms with Crippen LogP contribution in [0.15, 0.2) is 47.6 Å². The fourth-order valence-corrected chi connectivity index (χ4v) is 4.65. The summed E-state index contributed by atoms with van der Waals surface area (Å²) >= 11 is 0. The summed E-state index contributed by atoms with van der Waals surface area (Å²) in [5, 5.41) is 0. The monoisotopic (exact) mass is 405 g/mol. The first kappa shape index (κ1) is 20.2. The fraction of sp³-hybridized carbons (Fsp3) is 0.368. The highest BCUT2D eigenvalue weighted by Crippen LogP contribution is 2.32. The summed E-state index contributed by atoms with van der Waals surface area (Å²) in [6.45, 7) is 1.16. The van der Waals surface area contributed by atoms with Gasteiger partial charge in [-0.15, -0.1) is 0 Å². The second kappa shape index (κ2) is 8.68. The Hall–Kier alpha value is -2.49. The maximum Gasteiger partial charge on any atom is 0.252 e. The van der Waals surface area contributed by atoms with E-state index < -0.39 is 22.0 Å². The molecule has 1 aromatic carbocycles. The molecule has 0 bridgehead atoms. The standard InChI is InChI=1S/C19H23N3O5S/c1-26-17-5-4-15(11-16(17)19(20)23)28(24,25)22-18(13-6-9-27-10-7-13)14-3-2-8-21-12-14/h2-5,8,11-13,18,22H,6-7,9-10H2,1H3,(H2,20,23)/t18-/m0/s1. The van der Waals surface area contributed by atoms with Crippen molar-refractivity contribution in [1.82, 2.24) is 9.71 Å². The summed E-state index contributed by atoms with van der Waals surface area (Å²) in [5.74, 6) is -0.469. The van der Waals surface area contributed by atoms with Crippen LogP contribution < -0.4 is 15.2 Å². The molecule has 2 aromatic rings. The molecule has 2 heterocycles. The normalized spacial score (nSPS) is 16.5. The molecule has 0 saturated carbocycles. The molecule has 3 N–H and O–H groups in total. The molecule has 1 aromatic heterocycles. The molecule has 1 aliphatic rings. The van der Waals surface area contributed by atoms with Gasteiger partial charge < -0.3 is 15.2 Å². The lowest BCUT2D eigenvalue weighted by Crippen LogP contribution is -2.36. The van der Waals surface area contributed by atoms with Crippen molar-refractivity contribution < 1.29 is 22.7 Å². The van der Waals surface area contributed by atoms with Gasteiger partial charge in [0.25, 0.3) is 5.91 Å². The van der Waals surface area contributed by atoms with Gasteiger partial charge in [-0.1, -0.05) is 6.07 Å². The van der Waals surface area contributed by atoms with Crippen LogP contribution in [0.25, 0.3) is 0 Å². The third-order valence-corrected chi connectivity index (χ3v) is 6.25. The molecule has 3 rings (SSSR count). The summed E-state index contributed by atoms with van der Waals surface area (Å²) < 4.78 is 39.4. The van der Waals surface area contributed by atoms with Crippen molar-refractivity contribution in [3.05, 3.63) is 53.9 Å². The maximum atomic E-state index is 13.1. The van der Waals surface area contributed by atoms with Crippen LogP contribution in [0.3, 0.4) is 0 Å². The molecule has 28 heavy (non-hydrogen) atoms. The summed E-state index contributed by atoms with van der Waals surface area (Å²) in [4.78, 5) is 15.7. The SMILES string of the molecule is COc1ccc(S(=O)(=O)N[C@H](c2cccnc2)C2CCOCC2)cc1C(N)=O. The van der Waals surface area contributed by atoms with E-state index in [0.717, 1.165) is 18.4 Å². The number of hydrogen-bond acceptors (Lipinski definition) is 6. The van der Waals surface area contributed by atoms with Gasteiger partial charge in [0.15, 0.2) is 0 Å². The fourth-order valence-electron chi connectivity index (χ4n) is 3.33. The maximum absolute atomic E-state index is 13.1. The predicted molar refractivity (Wildman–Crippen MR) is 102 cm³/mol. The number of sulfonamides is 1. The lowest BCUT2D eigenvalue weighted by Gasteiger charge is -2.31. The number of carbonyl (C=O) groups excluding carboxylic acids is 1. The Morgan fingerprint density at radius 2 is 2.07 bits per heavy atom. The van der Waals surface area contributed by atoms with Crippen LogP contribution in [0.1, 0.15) is 34.8 Å². The van der Waals surface area contributed by atoms with Crippen LogP contribution in [-0.2, 0) is 14.8 Å². The van der Waals surface area contributed by atoms with Crippen molar-refractivity contribution in [2.45, 2.75) is 23.8 Å². The molecule has 1 amide bonds. The zero-order valence-corrected chi connectivity index (χ0v) is 16.3. The number of methoxy groups -OCH3 is 1. The van der Waals surface area contributed by atoms with Crippen molar-refractivity contribution >= 4 is 15.9 Å². The number of nitrogens with one attached hydrogen (secondary N) is 1. The lowest BCUT2D eigenvalue weighted by atomic mass is 9.88. The van der Waals surface area contributed by atoms with Gasteiger partial charge in [-0.2, -0.15) is 0 Å². The Labute approximate surface area is 164 Å². The number of carbonyl (C=O) groups is 1. The average Bonchev–Trinajstić information content (AvgIpc) is 2.72. The van der Waals surface area contributed by atoms with E-state index in [1.54, 1.807) is 18.5 Å². The highest BCUT2D eigenvalue weighted by atomic mass is 32.2. The molecule has 1 atom stereocenters. The third-order valence-electron chi connectivity index (χ3n) is 4.81. The van der Waals surface area contributed by atoms with E-state index in [0.29, 0.717) is 13.2 Å². The summed E-state index contributed by atoms with van der Waals surface area (Å²) in [7, 11) is -2.53.